The number of benzene rings is 2. The zero-order valence-electron chi connectivity index (χ0n) is 10.9. The van der Waals surface area contributed by atoms with Crippen LogP contribution >= 0.6 is 12.4 Å². The van der Waals surface area contributed by atoms with Crippen molar-refractivity contribution >= 4 is 23.3 Å². The van der Waals surface area contributed by atoms with E-state index in [0.717, 1.165) is 11.1 Å². The largest absolute Gasteiger partial charge is 0.706 e. The number of hydrogen-bond acceptors (Lipinski definition) is 4. The Morgan fingerprint density at radius 1 is 1.00 bits per heavy atom. The van der Waals surface area contributed by atoms with Gasteiger partial charge in [-0.1, -0.05) is 42.5 Å². The van der Waals surface area contributed by atoms with Gasteiger partial charge in [0, 0.05) is 5.56 Å². The molecule has 2 aromatic carbocycles. The molecule has 1 aromatic heterocycles. The van der Waals surface area contributed by atoms with Gasteiger partial charge in [-0.3, -0.25) is 0 Å². The van der Waals surface area contributed by atoms with Gasteiger partial charge < -0.3 is 14.7 Å². The number of rotatable bonds is 1. The van der Waals surface area contributed by atoms with E-state index in [1.807, 2.05) is 48.5 Å². The first kappa shape index (κ1) is 13.5. The molecule has 1 aliphatic rings. The molecular weight excluding hydrogens is 292 g/mol. The van der Waals surface area contributed by atoms with E-state index >= 15 is 0 Å². The maximum atomic E-state index is 12.1. The molecular formula is C15H11ClN2O3. The lowest BCUT2D eigenvalue weighted by Gasteiger charge is -2.19. The highest BCUT2D eigenvalue weighted by Crippen LogP contribution is 2.34. The lowest BCUT2D eigenvalue weighted by atomic mass is 10.0. The Bertz CT molecular complexity index is 809. The maximum Gasteiger partial charge on any atom is 0.508 e. The maximum absolute atomic E-state index is 12.1. The van der Waals surface area contributed by atoms with Crippen molar-refractivity contribution in [3.8, 4) is 23.0 Å². The first-order valence-corrected chi connectivity index (χ1v) is 6.22. The Labute approximate surface area is 126 Å². The summed E-state index contributed by atoms with van der Waals surface area (Å²) < 4.78 is 11.1. The van der Waals surface area contributed by atoms with Gasteiger partial charge in [0.1, 0.15) is 5.39 Å². The molecule has 1 aliphatic heterocycles. The fourth-order valence-corrected chi connectivity index (χ4v) is 2.41. The van der Waals surface area contributed by atoms with Gasteiger partial charge in [0.25, 0.3) is 0 Å². The minimum Gasteiger partial charge on any atom is -0.706 e. The predicted octanol–water partition coefficient (Wildman–Crippen LogP) is 2.69. The molecule has 0 radical (unpaired) electrons. The fourth-order valence-electron chi connectivity index (χ4n) is 2.41. The Hall–Kier alpha value is -2.53. The quantitative estimate of drug-likeness (QED) is 0.512. The van der Waals surface area contributed by atoms with E-state index in [2.05, 4.69) is 4.98 Å². The van der Waals surface area contributed by atoms with Gasteiger partial charge in [-0.05, 0) is 16.6 Å². The molecule has 5 nitrogen and oxygen atoms in total. The van der Waals surface area contributed by atoms with E-state index in [1.54, 1.807) is 0 Å². The minimum atomic E-state index is 0. The lowest BCUT2D eigenvalue weighted by molar-refractivity contribution is -0.634. The van der Waals surface area contributed by atoms with Crippen molar-refractivity contribution in [2.45, 2.75) is 0 Å². The van der Waals surface area contributed by atoms with Gasteiger partial charge in [0.15, 0.2) is 5.52 Å². The monoisotopic (exact) mass is 302 g/mol. The second kappa shape index (κ2) is 5.10. The average Bonchev–Trinajstić information content (AvgIpc) is 2.48. The summed E-state index contributed by atoms with van der Waals surface area (Å²) in [6, 6.07) is 15.6. The summed E-state index contributed by atoms with van der Waals surface area (Å²) >= 11 is 0. The number of ether oxygens (including phenoxy) is 2. The van der Waals surface area contributed by atoms with E-state index in [-0.39, 0.29) is 31.1 Å². The summed E-state index contributed by atoms with van der Waals surface area (Å²) in [5.74, 6) is 0.246. The molecule has 0 N–H and O–H groups in total. The summed E-state index contributed by atoms with van der Waals surface area (Å²) in [6.07, 6.45) is 0. The molecule has 0 amide bonds. The molecule has 0 saturated heterocycles. The van der Waals surface area contributed by atoms with Crippen molar-refractivity contribution in [1.29, 1.82) is 0 Å². The zero-order valence-corrected chi connectivity index (χ0v) is 11.7. The Balaban J connectivity index is 0.00000132. The molecule has 2 heterocycles. The van der Waals surface area contributed by atoms with E-state index < -0.39 is 0 Å². The standard InChI is InChI=1S/C15H10N2O3.ClH/c18-17-14-13-11(10-5-2-1-3-6-10)7-4-8-12(13)16-15(17)20-9-19-14;/h1-8H,9H2;1H. The van der Waals surface area contributed by atoms with Gasteiger partial charge in [0.05, 0.1) is 0 Å². The van der Waals surface area contributed by atoms with Gasteiger partial charge in [0.2, 0.25) is 6.79 Å². The molecule has 0 aliphatic carbocycles. The third-order valence-corrected chi connectivity index (χ3v) is 3.30. The third kappa shape index (κ3) is 2.02. The molecule has 0 atom stereocenters. The highest BCUT2D eigenvalue weighted by Gasteiger charge is 2.27. The number of fused-ring (bicyclic) bond motifs is 4. The van der Waals surface area contributed by atoms with E-state index in [0.29, 0.717) is 15.6 Å². The van der Waals surface area contributed by atoms with Gasteiger partial charge in [-0.25, -0.2) is 0 Å². The second-order valence-corrected chi connectivity index (χ2v) is 4.47. The Morgan fingerprint density at radius 3 is 2.62 bits per heavy atom. The van der Waals surface area contributed by atoms with Crippen LogP contribution in [0.3, 0.4) is 0 Å². The Morgan fingerprint density at radius 2 is 1.81 bits per heavy atom. The molecule has 4 rings (SSSR count). The molecule has 0 saturated carbocycles. The normalized spacial score (nSPS) is 12.2. The first-order chi connectivity index (χ1) is 9.84. The van der Waals surface area contributed by atoms with Gasteiger partial charge in [-0.15, -0.1) is 12.4 Å². The van der Waals surface area contributed by atoms with Crippen LogP contribution in [-0.4, -0.2) is 11.8 Å². The summed E-state index contributed by atoms with van der Waals surface area (Å²) in [5.41, 5.74) is 2.62. The van der Waals surface area contributed by atoms with Crippen molar-refractivity contribution in [3.05, 3.63) is 53.7 Å². The SMILES string of the molecule is Cl.[O-][n+]1c2nc3cccc(-c4ccccc4)c3c1OCO2. The summed E-state index contributed by atoms with van der Waals surface area (Å²) in [6.45, 7) is 0.00940. The molecule has 6 heteroatoms. The number of hydrogen-bond donors (Lipinski definition) is 0. The van der Waals surface area contributed by atoms with Crippen LogP contribution in [0.1, 0.15) is 0 Å². The molecule has 2 bridgehead atoms. The topological polar surface area (TPSA) is 58.3 Å². The van der Waals surface area contributed by atoms with Gasteiger partial charge >= 0.3 is 11.9 Å². The molecule has 0 fully saturated rings. The molecule has 0 unspecified atom stereocenters. The van der Waals surface area contributed by atoms with Crippen LogP contribution in [0.2, 0.25) is 0 Å². The highest BCUT2D eigenvalue weighted by molar-refractivity contribution is 5.97. The average molecular weight is 303 g/mol. The van der Waals surface area contributed by atoms with Crippen LogP contribution in [0.5, 0.6) is 11.9 Å². The number of aromatic nitrogens is 2. The van der Waals surface area contributed by atoms with Crippen molar-refractivity contribution in [3.63, 3.8) is 0 Å². The zero-order chi connectivity index (χ0) is 13.5. The molecule has 3 aromatic rings. The van der Waals surface area contributed by atoms with Crippen LogP contribution in [-0.2, 0) is 0 Å². The van der Waals surface area contributed by atoms with E-state index in [1.165, 1.54) is 0 Å². The third-order valence-electron chi connectivity index (χ3n) is 3.30. The van der Waals surface area contributed by atoms with Gasteiger partial charge in [-0.2, -0.15) is 4.73 Å². The first-order valence-electron chi connectivity index (χ1n) is 6.22. The Kier molecular flexibility index (Phi) is 3.27. The van der Waals surface area contributed by atoms with Crippen molar-refractivity contribution < 1.29 is 14.2 Å². The number of nitrogens with zero attached hydrogens (tertiary/aromatic N) is 2. The summed E-state index contributed by atoms with van der Waals surface area (Å²) in [5, 5.41) is 12.8. The fraction of sp³-hybridized carbons (Fsp3) is 0.0667. The van der Waals surface area contributed by atoms with Crippen molar-refractivity contribution in [1.82, 2.24) is 4.98 Å². The molecule has 21 heavy (non-hydrogen) atoms. The van der Waals surface area contributed by atoms with Crippen LogP contribution in [0.25, 0.3) is 22.0 Å². The molecule has 106 valence electrons. The minimum absolute atomic E-state index is 0. The predicted molar refractivity (Wildman–Crippen MR) is 79.5 cm³/mol. The van der Waals surface area contributed by atoms with E-state index in [4.69, 9.17) is 9.47 Å². The lowest BCUT2D eigenvalue weighted by Crippen LogP contribution is -2.38. The van der Waals surface area contributed by atoms with Crippen LogP contribution < -0.4 is 14.2 Å². The van der Waals surface area contributed by atoms with Crippen molar-refractivity contribution in [2.24, 2.45) is 0 Å². The highest BCUT2D eigenvalue weighted by atomic mass is 35.5. The number of halogens is 1. The second-order valence-electron chi connectivity index (χ2n) is 4.47. The molecule has 0 spiro atoms. The van der Waals surface area contributed by atoms with Crippen LogP contribution in [0, 0.1) is 5.21 Å². The van der Waals surface area contributed by atoms with Crippen LogP contribution in [0.4, 0.5) is 0 Å². The van der Waals surface area contributed by atoms with Crippen LogP contribution in [0.15, 0.2) is 48.5 Å². The van der Waals surface area contributed by atoms with Crippen molar-refractivity contribution in [2.75, 3.05) is 6.79 Å². The summed E-state index contributed by atoms with van der Waals surface area (Å²) in [4.78, 5) is 4.24. The summed E-state index contributed by atoms with van der Waals surface area (Å²) in [7, 11) is 0. The smallest absolute Gasteiger partial charge is 0.508 e. The van der Waals surface area contributed by atoms with E-state index in [9.17, 15) is 5.21 Å².